The van der Waals surface area contributed by atoms with Crippen molar-refractivity contribution in [3.05, 3.63) is 0 Å². The van der Waals surface area contributed by atoms with E-state index in [4.69, 9.17) is 11.2 Å². The van der Waals surface area contributed by atoms with E-state index in [-0.39, 0.29) is 17.4 Å². The molecular weight excluding hydrogens is 190 g/mol. The fourth-order valence-electron chi connectivity index (χ4n) is 1.97. The third-order valence-corrected chi connectivity index (χ3v) is 3.26. The van der Waals surface area contributed by atoms with Gasteiger partial charge in [0.15, 0.2) is 0 Å². The smallest absolute Gasteiger partial charge is 0.310 e. The molecule has 0 amide bonds. The van der Waals surface area contributed by atoms with E-state index in [0.29, 0.717) is 12.5 Å². The van der Waals surface area contributed by atoms with Crippen molar-refractivity contribution in [1.82, 2.24) is 4.90 Å². The molecule has 2 atom stereocenters. The van der Waals surface area contributed by atoms with Crippen molar-refractivity contribution < 1.29 is 9.53 Å². The summed E-state index contributed by atoms with van der Waals surface area (Å²) in [4.78, 5) is 13.7. The molecule has 0 unspecified atom stereocenters. The van der Waals surface area contributed by atoms with Gasteiger partial charge in [-0.2, -0.15) is 0 Å². The minimum atomic E-state index is -0.281. The van der Waals surface area contributed by atoms with E-state index in [0.717, 1.165) is 6.54 Å². The van der Waals surface area contributed by atoms with Gasteiger partial charge in [-0.15, -0.1) is 6.42 Å². The molecule has 0 spiro atoms. The molecule has 84 valence electrons. The van der Waals surface area contributed by atoms with E-state index < -0.39 is 0 Å². The quantitative estimate of drug-likeness (QED) is 0.504. The molecule has 1 fully saturated rings. The molecule has 1 rings (SSSR count). The predicted octanol–water partition coefficient (Wildman–Crippen LogP) is 1.14. The highest BCUT2D eigenvalue weighted by molar-refractivity contribution is 5.73. The summed E-state index contributed by atoms with van der Waals surface area (Å²) in [5.74, 6) is 2.90. The first-order valence-corrected chi connectivity index (χ1v) is 5.23. The van der Waals surface area contributed by atoms with E-state index in [9.17, 15) is 4.79 Å². The number of methoxy groups -OCH3 is 1. The van der Waals surface area contributed by atoms with Crippen LogP contribution in [0.4, 0.5) is 0 Å². The molecule has 0 aromatic heterocycles. The number of terminal acetylenes is 1. The molecule has 0 aromatic rings. The molecule has 3 nitrogen and oxygen atoms in total. The number of hydrogen-bond donors (Lipinski definition) is 0. The zero-order valence-corrected chi connectivity index (χ0v) is 9.91. The molecule has 0 aliphatic carbocycles. The highest BCUT2D eigenvalue weighted by Gasteiger charge is 2.40. The van der Waals surface area contributed by atoms with Gasteiger partial charge in [0.1, 0.15) is 0 Å². The number of nitrogens with zero attached hydrogens (tertiary/aromatic N) is 1. The molecule has 1 heterocycles. The summed E-state index contributed by atoms with van der Waals surface area (Å²) in [6.45, 7) is 7.62. The van der Waals surface area contributed by atoms with Gasteiger partial charge in [0.25, 0.3) is 0 Å². The molecule has 0 radical (unpaired) electrons. The number of likely N-dealkylation sites (tertiary alicyclic amines) is 1. The van der Waals surface area contributed by atoms with Gasteiger partial charge in [0.05, 0.1) is 18.6 Å². The van der Waals surface area contributed by atoms with E-state index in [1.807, 2.05) is 13.8 Å². The molecule has 0 bridgehead atoms. The maximum Gasteiger partial charge on any atom is 0.310 e. The summed E-state index contributed by atoms with van der Waals surface area (Å²) in [6.07, 6.45) is 5.48. The van der Waals surface area contributed by atoms with E-state index >= 15 is 0 Å². The molecule has 0 saturated carbocycles. The Hall–Kier alpha value is -1.01. The SMILES string of the molecule is C#CC(C)(C)N1C[C@@H](C)[C@H](C(=O)OC)C1. The third kappa shape index (κ3) is 2.32. The minimum absolute atomic E-state index is 0.0392. The molecule has 0 N–H and O–H groups in total. The van der Waals surface area contributed by atoms with Crippen molar-refractivity contribution in [2.24, 2.45) is 11.8 Å². The van der Waals surface area contributed by atoms with Crippen LogP contribution in [0, 0.1) is 24.2 Å². The minimum Gasteiger partial charge on any atom is -0.469 e. The van der Waals surface area contributed by atoms with Crippen LogP contribution in [0.1, 0.15) is 20.8 Å². The molecule has 1 aliphatic rings. The molecule has 15 heavy (non-hydrogen) atoms. The predicted molar refractivity (Wildman–Crippen MR) is 59.2 cm³/mol. The molecule has 1 saturated heterocycles. The van der Waals surface area contributed by atoms with Crippen molar-refractivity contribution in [2.75, 3.05) is 20.2 Å². The van der Waals surface area contributed by atoms with Crippen LogP contribution in [0.2, 0.25) is 0 Å². The van der Waals surface area contributed by atoms with E-state index in [2.05, 4.69) is 17.7 Å². The van der Waals surface area contributed by atoms with Crippen LogP contribution in [0.3, 0.4) is 0 Å². The Balaban J connectivity index is 2.73. The number of carbonyl (C=O) groups is 1. The van der Waals surface area contributed by atoms with E-state index in [1.54, 1.807) is 0 Å². The first-order valence-electron chi connectivity index (χ1n) is 5.23. The third-order valence-electron chi connectivity index (χ3n) is 3.26. The van der Waals surface area contributed by atoms with Crippen molar-refractivity contribution in [3.63, 3.8) is 0 Å². The highest BCUT2D eigenvalue weighted by atomic mass is 16.5. The molecule has 1 aliphatic heterocycles. The van der Waals surface area contributed by atoms with Gasteiger partial charge in [-0.1, -0.05) is 12.8 Å². The van der Waals surface area contributed by atoms with Crippen LogP contribution in [0.5, 0.6) is 0 Å². The molecular formula is C12H19NO2. The summed E-state index contributed by atoms with van der Waals surface area (Å²) >= 11 is 0. The lowest BCUT2D eigenvalue weighted by atomic mass is 9.99. The van der Waals surface area contributed by atoms with Gasteiger partial charge >= 0.3 is 5.97 Å². The van der Waals surface area contributed by atoms with Crippen molar-refractivity contribution in [2.45, 2.75) is 26.3 Å². The lowest BCUT2D eigenvalue weighted by Gasteiger charge is -2.30. The fraction of sp³-hybridized carbons (Fsp3) is 0.750. The Morgan fingerprint density at radius 2 is 2.13 bits per heavy atom. The summed E-state index contributed by atoms with van der Waals surface area (Å²) < 4.78 is 4.78. The number of ether oxygens (including phenoxy) is 1. The maximum atomic E-state index is 11.5. The average Bonchev–Trinajstić information content (AvgIpc) is 2.60. The zero-order chi connectivity index (χ0) is 11.6. The van der Waals surface area contributed by atoms with Gasteiger partial charge in [0.2, 0.25) is 0 Å². The standard InChI is InChI=1S/C12H19NO2/c1-6-12(3,4)13-7-9(2)10(8-13)11(14)15-5/h1,9-10H,7-8H2,2-5H3/t9-,10-/m1/s1. The summed E-state index contributed by atoms with van der Waals surface area (Å²) in [5, 5.41) is 0. The van der Waals surface area contributed by atoms with Crippen LogP contribution < -0.4 is 0 Å². The zero-order valence-electron chi connectivity index (χ0n) is 9.91. The van der Waals surface area contributed by atoms with Crippen LogP contribution >= 0.6 is 0 Å². The molecule has 3 heteroatoms. The van der Waals surface area contributed by atoms with Crippen molar-refractivity contribution in [1.29, 1.82) is 0 Å². The number of hydrogen-bond acceptors (Lipinski definition) is 3. The van der Waals surface area contributed by atoms with Gasteiger partial charge in [-0.3, -0.25) is 9.69 Å². The molecule has 0 aromatic carbocycles. The second-order valence-corrected chi connectivity index (χ2v) is 4.72. The van der Waals surface area contributed by atoms with Crippen molar-refractivity contribution >= 4 is 5.97 Å². The van der Waals surface area contributed by atoms with Crippen LogP contribution in [-0.4, -0.2) is 36.6 Å². The first-order chi connectivity index (χ1) is 6.92. The number of rotatable bonds is 2. The van der Waals surface area contributed by atoms with Gasteiger partial charge < -0.3 is 4.74 Å². The summed E-state index contributed by atoms with van der Waals surface area (Å²) in [7, 11) is 1.43. The average molecular weight is 209 g/mol. The van der Waals surface area contributed by atoms with Crippen LogP contribution in [0.25, 0.3) is 0 Å². The Bertz CT molecular complexity index is 290. The van der Waals surface area contributed by atoms with Crippen molar-refractivity contribution in [3.8, 4) is 12.3 Å². The summed E-state index contributed by atoms with van der Waals surface area (Å²) in [5.41, 5.74) is -0.281. The topological polar surface area (TPSA) is 29.5 Å². The van der Waals surface area contributed by atoms with E-state index in [1.165, 1.54) is 7.11 Å². The normalized spacial score (nSPS) is 27.4. The van der Waals surface area contributed by atoms with Crippen LogP contribution in [-0.2, 0) is 9.53 Å². The van der Waals surface area contributed by atoms with Gasteiger partial charge in [0, 0.05) is 13.1 Å². The maximum absolute atomic E-state index is 11.5. The van der Waals surface area contributed by atoms with Crippen LogP contribution in [0.15, 0.2) is 0 Å². The monoisotopic (exact) mass is 209 g/mol. The van der Waals surface area contributed by atoms with Gasteiger partial charge in [-0.25, -0.2) is 0 Å². The fourth-order valence-corrected chi connectivity index (χ4v) is 1.97. The summed E-state index contributed by atoms with van der Waals surface area (Å²) in [6, 6.07) is 0. The Kier molecular flexibility index (Phi) is 3.41. The lowest BCUT2D eigenvalue weighted by Crippen LogP contribution is -2.41. The number of esters is 1. The Labute approximate surface area is 91.8 Å². The number of carbonyl (C=O) groups excluding carboxylic acids is 1. The lowest BCUT2D eigenvalue weighted by molar-refractivity contribution is -0.146. The Morgan fingerprint density at radius 1 is 1.53 bits per heavy atom. The highest BCUT2D eigenvalue weighted by Crippen LogP contribution is 2.29. The van der Waals surface area contributed by atoms with Gasteiger partial charge in [-0.05, 0) is 19.8 Å². The second kappa shape index (κ2) is 4.24. The second-order valence-electron chi connectivity index (χ2n) is 4.72. The Morgan fingerprint density at radius 3 is 2.60 bits per heavy atom. The first kappa shape index (κ1) is 12.1. The largest absolute Gasteiger partial charge is 0.469 e.